The number of carbonyl (C=O) groups is 4. The molecule has 8 heteroatoms. The smallest absolute Gasteiger partial charge is 0.325 e. The van der Waals surface area contributed by atoms with E-state index in [1.54, 1.807) is 4.90 Å². The number of amides is 5. The van der Waals surface area contributed by atoms with Crippen molar-refractivity contribution in [2.24, 2.45) is 11.8 Å². The Hall–Kier alpha value is -2.38. The van der Waals surface area contributed by atoms with Crippen LogP contribution in [0.15, 0.2) is 12.2 Å². The van der Waals surface area contributed by atoms with Crippen molar-refractivity contribution >= 4 is 23.8 Å². The van der Waals surface area contributed by atoms with E-state index in [0.29, 0.717) is 64.2 Å². The Labute approximate surface area is 184 Å². The van der Waals surface area contributed by atoms with Crippen molar-refractivity contribution in [3.63, 3.8) is 0 Å². The highest BCUT2D eigenvalue weighted by atomic mass is 16.2. The Morgan fingerprint density at radius 1 is 1.06 bits per heavy atom. The van der Waals surface area contributed by atoms with E-state index < -0.39 is 5.54 Å². The van der Waals surface area contributed by atoms with Crippen LogP contribution in [0.5, 0.6) is 0 Å². The molecule has 3 saturated heterocycles. The van der Waals surface area contributed by atoms with Gasteiger partial charge in [0, 0.05) is 44.6 Å². The average molecular weight is 431 g/mol. The lowest BCUT2D eigenvalue weighted by molar-refractivity contribution is -0.141. The number of nitrogens with zero attached hydrogens (tertiary/aromatic N) is 3. The van der Waals surface area contributed by atoms with Gasteiger partial charge in [0.05, 0.1) is 0 Å². The van der Waals surface area contributed by atoms with Crippen molar-refractivity contribution in [3.8, 4) is 0 Å². The first kappa shape index (κ1) is 21.8. The SMILES string of the molecule is CC(C)C(=O)N1CCC2(CC1)NC(=O)N(C1CCN(C(=O)C[C@H]3C=CCC3)CC1)C2=O. The van der Waals surface area contributed by atoms with Crippen molar-refractivity contribution in [2.75, 3.05) is 26.2 Å². The van der Waals surface area contributed by atoms with Crippen LogP contribution in [0.3, 0.4) is 0 Å². The van der Waals surface area contributed by atoms with E-state index in [1.165, 1.54) is 4.90 Å². The van der Waals surface area contributed by atoms with Gasteiger partial charge in [0.2, 0.25) is 11.8 Å². The van der Waals surface area contributed by atoms with Gasteiger partial charge in [-0.3, -0.25) is 19.3 Å². The number of urea groups is 1. The van der Waals surface area contributed by atoms with Crippen molar-refractivity contribution in [3.05, 3.63) is 12.2 Å². The molecule has 1 aliphatic carbocycles. The normalized spacial score (nSPS) is 26.3. The number of nitrogens with one attached hydrogen (secondary N) is 1. The minimum atomic E-state index is -0.882. The van der Waals surface area contributed by atoms with Crippen LogP contribution >= 0.6 is 0 Å². The van der Waals surface area contributed by atoms with Crippen LogP contribution in [-0.4, -0.2) is 76.2 Å². The predicted octanol–water partition coefficient (Wildman–Crippen LogP) is 1.90. The lowest BCUT2D eigenvalue weighted by Gasteiger charge is -2.39. The largest absolute Gasteiger partial charge is 0.343 e. The van der Waals surface area contributed by atoms with Crippen molar-refractivity contribution < 1.29 is 19.2 Å². The highest BCUT2D eigenvalue weighted by Crippen LogP contribution is 2.33. The fraction of sp³-hybridized carbons (Fsp3) is 0.739. The Morgan fingerprint density at radius 2 is 1.74 bits per heavy atom. The van der Waals surface area contributed by atoms with E-state index in [-0.39, 0.29) is 35.7 Å². The summed E-state index contributed by atoms with van der Waals surface area (Å²) in [5.74, 6) is 0.385. The number of allylic oxidation sites excluding steroid dienone is 2. The zero-order valence-corrected chi connectivity index (χ0v) is 18.6. The van der Waals surface area contributed by atoms with Gasteiger partial charge in [-0.05, 0) is 44.4 Å². The van der Waals surface area contributed by atoms with Crippen molar-refractivity contribution in [1.29, 1.82) is 0 Å². The summed E-state index contributed by atoms with van der Waals surface area (Å²) in [7, 11) is 0. The molecule has 31 heavy (non-hydrogen) atoms. The van der Waals surface area contributed by atoms with Gasteiger partial charge in [-0.25, -0.2) is 4.79 Å². The molecule has 3 heterocycles. The average Bonchev–Trinajstić information content (AvgIpc) is 3.34. The molecule has 0 radical (unpaired) electrons. The summed E-state index contributed by atoms with van der Waals surface area (Å²) in [5.41, 5.74) is -0.882. The summed E-state index contributed by atoms with van der Waals surface area (Å²) in [4.78, 5) is 56.0. The number of imide groups is 1. The van der Waals surface area contributed by atoms with E-state index in [2.05, 4.69) is 17.5 Å². The fourth-order valence-electron chi connectivity index (χ4n) is 5.38. The molecule has 5 amide bonds. The zero-order valence-electron chi connectivity index (χ0n) is 18.6. The van der Waals surface area contributed by atoms with Gasteiger partial charge >= 0.3 is 6.03 Å². The molecule has 0 saturated carbocycles. The van der Waals surface area contributed by atoms with Crippen molar-refractivity contribution in [1.82, 2.24) is 20.0 Å². The van der Waals surface area contributed by atoms with Crippen molar-refractivity contribution in [2.45, 2.75) is 70.4 Å². The molecule has 0 bridgehead atoms. The van der Waals surface area contributed by atoms with Gasteiger partial charge in [0.15, 0.2) is 0 Å². The summed E-state index contributed by atoms with van der Waals surface area (Å²) < 4.78 is 0. The van der Waals surface area contributed by atoms with Crippen LogP contribution in [0.25, 0.3) is 0 Å². The molecule has 0 aromatic carbocycles. The van der Waals surface area contributed by atoms with E-state index in [4.69, 9.17) is 0 Å². The first-order valence-electron chi connectivity index (χ1n) is 11.7. The molecule has 8 nitrogen and oxygen atoms in total. The Kier molecular flexibility index (Phi) is 6.08. The van der Waals surface area contributed by atoms with Gasteiger partial charge in [-0.15, -0.1) is 0 Å². The highest BCUT2D eigenvalue weighted by molar-refractivity contribution is 6.07. The standard InChI is InChI=1S/C23H34N4O4/c1-16(2)20(29)26-13-9-23(10-14-26)21(30)27(22(31)24-23)18-7-11-25(12-8-18)19(28)15-17-5-3-4-6-17/h3,5,16-18H,4,6-15H2,1-2H3,(H,24,31)/t17-/m0/s1. The second kappa shape index (κ2) is 8.63. The first-order valence-corrected chi connectivity index (χ1v) is 11.7. The van der Waals surface area contributed by atoms with Crippen LogP contribution in [0, 0.1) is 11.8 Å². The molecule has 4 rings (SSSR count). The van der Waals surface area contributed by atoms with Gasteiger partial charge < -0.3 is 15.1 Å². The molecule has 0 aromatic rings. The number of hydrogen-bond acceptors (Lipinski definition) is 4. The molecule has 3 fully saturated rings. The van der Waals surface area contributed by atoms with E-state index in [1.807, 2.05) is 18.7 Å². The summed E-state index contributed by atoms with van der Waals surface area (Å²) in [6.07, 6.45) is 9.10. The number of hydrogen-bond donors (Lipinski definition) is 1. The minimum absolute atomic E-state index is 0.0722. The number of carbonyl (C=O) groups excluding carboxylic acids is 4. The summed E-state index contributed by atoms with van der Waals surface area (Å²) >= 11 is 0. The van der Waals surface area contributed by atoms with E-state index >= 15 is 0 Å². The molecule has 170 valence electrons. The van der Waals surface area contributed by atoms with Crippen LogP contribution in [0.4, 0.5) is 4.79 Å². The van der Waals surface area contributed by atoms with Gasteiger partial charge in [0.25, 0.3) is 5.91 Å². The number of rotatable bonds is 4. The number of piperidine rings is 2. The van der Waals surface area contributed by atoms with Crippen LogP contribution in [0.2, 0.25) is 0 Å². The number of likely N-dealkylation sites (tertiary alicyclic amines) is 2. The molecule has 3 aliphatic heterocycles. The monoisotopic (exact) mass is 430 g/mol. The maximum absolute atomic E-state index is 13.3. The van der Waals surface area contributed by atoms with Crippen LogP contribution in [-0.2, 0) is 14.4 Å². The topological polar surface area (TPSA) is 90.0 Å². The summed E-state index contributed by atoms with van der Waals surface area (Å²) in [5, 5.41) is 2.95. The Morgan fingerprint density at radius 3 is 2.32 bits per heavy atom. The molecule has 0 aromatic heterocycles. The Bertz CT molecular complexity index is 776. The third-order valence-electron chi connectivity index (χ3n) is 7.35. The molecular weight excluding hydrogens is 396 g/mol. The summed E-state index contributed by atoms with van der Waals surface area (Å²) in [6, 6.07) is -0.493. The maximum Gasteiger partial charge on any atom is 0.325 e. The molecule has 0 unspecified atom stereocenters. The lowest BCUT2D eigenvalue weighted by Crippen LogP contribution is -2.57. The predicted molar refractivity (Wildman–Crippen MR) is 115 cm³/mol. The van der Waals surface area contributed by atoms with E-state index in [9.17, 15) is 19.2 Å². The summed E-state index contributed by atoms with van der Waals surface area (Å²) in [6.45, 7) is 5.89. The lowest BCUT2D eigenvalue weighted by atomic mass is 9.86. The molecule has 1 atom stereocenters. The second-order valence-corrected chi connectivity index (χ2v) is 9.75. The molecular formula is C23H34N4O4. The first-order chi connectivity index (χ1) is 14.8. The van der Waals surface area contributed by atoms with Gasteiger partial charge in [-0.1, -0.05) is 26.0 Å². The molecule has 1 N–H and O–H groups in total. The van der Waals surface area contributed by atoms with Gasteiger partial charge in [0.1, 0.15) is 5.54 Å². The van der Waals surface area contributed by atoms with E-state index in [0.717, 1.165) is 12.8 Å². The highest BCUT2D eigenvalue weighted by Gasteiger charge is 2.54. The van der Waals surface area contributed by atoms with Crippen LogP contribution < -0.4 is 5.32 Å². The third kappa shape index (κ3) is 4.21. The molecule has 4 aliphatic rings. The Balaban J connectivity index is 1.32. The fourth-order valence-corrected chi connectivity index (χ4v) is 5.38. The molecule has 1 spiro atoms. The maximum atomic E-state index is 13.3. The minimum Gasteiger partial charge on any atom is -0.343 e. The quantitative estimate of drug-likeness (QED) is 0.545. The van der Waals surface area contributed by atoms with Crippen LogP contribution in [0.1, 0.15) is 58.8 Å². The van der Waals surface area contributed by atoms with Gasteiger partial charge in [-0.2, -0.15) is 0 Å². The third-order valence-corrected chi connectivity index (χ3v) is 7.35. The zero-order chi connectivity index (χ0) is 22.2. The second-order valence-electron chi connectivity index (χ2n) is 9.75.